The van der Waals surface area contributed by atoms with Crippen molar-refractivity contribution in [2.24, 2.45) is 11.8 Å². The van der Waals surface area contributed by atoms with E-state index in [1.165, 1.54) is 0 Å². The number of carbonyl (C=O) groups excluding carboxylic acids is 3. The molecular weight excluding hydrogens is 474 g/mol. The van der Waals surface area contributed by atoms with Crippen LogP contribution < -0.4 is 4.90 Å². The smallest absolute Gasteiger partial charge is 0.251 e. The summed E-state index contributed by atoms with van der Waals surface area (Å²) in [7, 11) is 1.74. The maximum atomic E-state index is 14.5. The summed E-state index contributed by atoms with van der Waals surface area (Å²) in [5, 5.41) is 9.58. The molecule has 0 saturated carbocycles. The third kappa shape index (κ3) is 4.08. The molecule has 194 valence electrons. The van der Waals surface area contributed by atoms with Gasteiger partial charge in [-0.25, -0.2) is 0 Å². The zero-order valence-electron chi connectivity index (χ0n) is 21.5. The van der Waals surface area contributed by atoms with E-state index in [1.54, 1.807) is 45.7 Å². The van der Waals surface area contributed by atoms with Crippen LogP contribution in [-0.4, -0.2) is 82.0 Å². The maximum Gasteiger partial charge on any atom is 0.251 e. The third-order valence-electron chi connectivity index (χ3n) is 7.94. The van der Waals surface area contributed by atoms with Crippen LogP contribution >= 0.6 is 11.8 Å². The highest BCUT2D eigenvalue weighted by atomic mass is 32.2. The van der Waals surface area contributed by atoms with E-state index in [4.69, 9.17) is 0 Å². The van der Waals surface area contributed by atoms with Crippen LogP contribution in [0.25, 0.3) is 0 Å². The van der Waals surface area contributed by atoms with Gasteiger partial charge in [0.15, 0.2) is 0 Å². The second-order valence-electron chi connectivity index (χ2n) is 10.2. The van der Waals surface area contributed by atoms with Crippen LogP contribution in [0.4, 0.5) is 5.69 Å². The van der Waals surface area contributed by atoms with Crippen LogP contribution in [-0.2, 0) is 14.4 Å². The first kappa shape index (κ1) is 26.5. The van der Waals surface area contributed by atoms with E-state index in [1.807, 2.05) is 32.0 Å². The van der Waals surface area contributed by atoms with Crippen molar-refractivity contribution in [1.82, 2.24) is 9.80 Å². The van der Waals surface area contributed by atoms with Crippen molar-refractivity contribution in [3.8, 4) is 0 Å². The van der Waals surface area contributed by atoms with E-state index in [9.17, 15) is 19.5 Å². The second-order valence-corrected chi connectivity index (χ2v) is 11.8. The topological polar surface area (TPSA) is 81.2 Å². The van der Waals surface area contributed by atoms with E-state index in [2.05, 4.69) is 13.2 Å². The van der Waals surface area contributed by atoms with Crippen LogP contribution in [0.3, 0.4) is 0 Å². The summed E-state index contributed by atoms with van der Waals surface area (Å²) in [6.45, 7) is 12.5. The lowest BCUT2D eigenvalue weighted by molar-refractivity contribution is -0.143. The average molecular weight is 512 g/mol. The first-order valence-corrected chi connectivity index (χ1v) is 13.5. The van der Waals surface area contributed by atoms with Gasteiger partial charge in [-0.3, -0.25) is 14.4 Å². The summed E-state index contributed by atoms with van der Waals surface area (Å²) < 4.78 is -0.653. The van der Waals surface area contributed by atoms with Crippen molar-refractivity contribution in [1.29, 1.82) is 0 Å². The van der Waals surface area contributed by atoms with Gasteiger partial charge in [0.2, 0.25) is 11.8 Å². The van der Waals surface area contributed by atoms with Crippen molar-refractivity contribution in [2.75, 3.05) is 38.2 Å². The Kier molecular flexibility index (Phi) is 7.67. The average Bonchev–Trinajstić information content (AvgIpc) is 3.48. The van der Waals surface area contributed by atoms with Crippen LogP contribution in [0.2, 0.25) is 0 Å². The van der Waals surface area contributed by atoms with Gasteiger partial charge in [-0.2, -0.15) is 0 Å². The first-order chi connectivity index (χ1) is 17.2. The summed E-state index contributed by atoms with van der Waals surface area (Å²) >= 11 is 1.67. The number of likely N-dealkylation sites (N-methyl/N-ethyl adjacent to an activating group) is 1. The minimum Gasteiger partial charge on any atom is -0.396 e. The molecule has 0 radical (unpaired) electrons. The number of hydrogen-bond acceptors (Lipinski definition) is 5. The molecule has 3 aliphatic rings. The van der Waals surface area contributed by atoms with Crippen LogP contribution in [0, 0.1) is 25.7 Å². The molecule has 7 nitrogen and oxygen atoms in total. The van der Waals surface area contributed by atoms with Gasteiger partial charge in [-0.15, -0.1) is 24.9 Å². The molecule has 5 atom stereocenters. The number of aliphatic hydroxyl groups is 1. The van der Waals surface area contributed by atoms with Crippen LogP contribution in [0.15, 0.2) is 43.5 Å². The highest BCUT2D eigenvalue weighted by Gasteiger charge is 2.74. The lowest BCUT2D eigenvalue weighted by atomic mass is 9.70. The molecule has 0 aromatic heterocycles. The zero-order chi connectivity index (χ0) is 26.2. The first-order valence-electron chi connectivity index (χ1n) is 12.7. The summed E-state index contributed by atoms with van der Waals surface area (Å²) in [5.74, 6) is -1.33. The number of hydrogen-bond donors (Lipinski definition) is 1. The molecule has 3 saturated heterocycles. The fourth-order valence-electron chi connectivity index (χ4n) is 6.53. The van der Waals surface area contributed by atoms with Gasteiger partial charge in [-0.1, -0.05) is 30.4 Å². The Labute approximate surface area is 218 Å². The molecule has 1 aromatic carbocycles. The van der Waals surface area contributed by atoms with Gasteiger partial charge in [0.05, 0.1) is 16.6 Å². The molecule has 1 N–H and O–H groups in total. The lowest BCUT2D eigenvalue weighted by Crippen LogP contribution is -2.55. The summed E-state index contributed by atoms with van der Waals surface area (Å²) in [6.07, 6.45) is 5.29. The molecule has 3 amide bonds. The number of aliphatic hydroxyl groups excluding tert-OH is 1. The number of thioether (sulfide) groups is 1. The van der Waals surface area contributed by atoms with Gasteiger partial charge in [0.1, 0.15) is 6.04 Å². The van der Waals surface area contributed by atoms with Crippen molar-refractivity contribution in [3.05, 3.63) is 54.6 Å². The molecule has 3 aliphatic heterocycles. The van der Waals surface area contributed by atoms with E-state index in [-0.39, 0.29) is 36.1 Å². The normalized spacial score (nSPS) is 28.2. The van der Waals surface area contributed by atoms with Gasteiger partial charge in [0.25, 0.3) is 5.91 Å². The number of likely N-dealkylation sites (tertiary alicyclic amines) is 1. The summed E-state index contributed by atoms with van der Waals surface area (Å²) in [4.78, 5) is 47.0. The van der Waals surface area contributed by atoms with E-state index >= 15 is 0 Å². The van der Waals surface area contributed by atoms with Crippen molar-refractivity contribution in [2.45, 2.75) is 49.1 Å². The standard InChI is InChI=1S/C28H37N3O4S/c1-6-14-29(5)25(33)21-20-12-13-28(36-20)22(21)26(34)31(16-9-17-32)24(28)27(35)30(15-7-2)23-18(3)10-8-11-19(23)4/h6-8,10-11,20-22,24,32H,1-2,9,12-17H2,3-5H3/t20-,21+,22+,24?,28?/m1/s1. The molecule has 4 rings (SSSR count). The van der Waals surface area contributed by atoms with Gasteiger partial charge in [-0.05, 0) is 44.2 Å². The molecule has 3 fully saturated rings. The number of nitrogens with zero attached hydrogens (tertiary/aromatic N) is 3. The van der Waals surface area contributed by atoms with Crippen LogP contribution in [0.5, 0.6) is 0 Å². The number of benzene rings is 1. The van der Waals surface area contributed by atoms with E-state index in [0.717, 1.165) is 23.2 Å². The van der Waals surface area contributed by atoms with Gasteiger partial charge < -0.3 is 19.8 Å². The van der Waals surface area contributed by atoms with Crippen molar-refractivity contribution >= 4 is 35.2 Å². The Hall–Kier alpha value is -2.58. The van der Waals surface area contributed by atoms with Crippen molar-refractivity contribution in [3.63, 3.8) is 0 Å². The lowest BCUT2D eigenvalue weighted by Gasteiger charge is -2.38. The highest BCUT2D eigenvalue weighted by molar-refractivity contribution is 8.02. The van der Waals surface area contributed by atoms with Crippen LogP contribution in [0.1, 0.15) is 30.4 Å². The monoisotopic (exact) mass is 511 g/mol. The van der Waals surface area contributed by atoms with E-state index in [0.29, 0.717) is 25.9 Å². The molecule has 36 heavy (non-hydrogen) atoms. The third-order valence-corrected chi connectivity index (χ3v) is 9.89. The summed E-state index contributed by atoms with van der Waals surface area (Å²) in [5.41, 5.74) is 2.80. The largest absolute Gasteiger partial charge is 0.396 e. The maximum absolute atomic E-state index is 14.5. The predicted octanol–water partition coefficient (Wildman–Crippen LogP) is 2.94. The number of aryl methyl sites for hydroxylation is 2. The number of rotatable bonds is 10. The quantitative estimate of drug-likeness (QED) is 0.489. The fourth-order valence-corrected chi connectivity index (χ4v) is 8.74. The number of carbonyl (C=O) groups is 3. The molecular formula is C28H37N3O4S. The fraction of sp³-hybridized carbons (Fsp3) is 0.536. The zero-order valence-corrected chi connectivity index (χ0v) is 22.3. The Morgan fingerprint density at radius 1 is 1.19 bits per heavy atom. The molecule has 0 aliphatic carbocycles. The number of fused-ring (bicyclic) bond motifs is 1. The Morgan fingerprint density at radius 2 is 1.86 bits per heavy atom. The molecule has 2 unspecified atom stereocenters. The number of anilines is 1. The van der Waals surface area contributed by atoms with E-state index < -0.39 is 22.6 Å². The second kappa shape index (κ2) is 10.4. The minimum atomic E-state index is -0.696. The molecule has 3 heterocycles. The Bertz CT molecular complexity index is 1050. The molecule has 8 heteroatoms. The van der Waals surface area contributed by atoms with Gasteiger partial charge >= 0.3 is 0 Å². The molecule has 2 bridgehead atoms. The minimum absolute atomic E-state index is 0.0158. The molecule has 1 aromatic rings. The number of amides is 3. The van der Waals surface area contributed by atoms with Gasteiger partial charge in [0, 0.05) is 44.2 Å². The molecule has 1 spiro atoms. The highest BCUT2D eigenvalue weighted by Crippen LogP contribution is 2.66. The van der Waals surface area contributed by atoms with Crippen molar-refractivity contribution < 1.29 is 19.5 Å². The Morgan fingerprint density at radius 3 is 2.47 bits per heavy atom. The SMILES string of the molecule is C=CCN(C)C(=O)[C@@H]1[C@H]2C(=O)N(CCCO)C(C(=O)N(CC=C)c3c(C)cccc3C)C23CC[C@H]1S3. The predicted molar refractivity (Wildman–Crippen MR) is 144 cm³/mol. The summed E-state index contributed by atoms with van der Waals surface area (Å²) in [6, 6.07) is 5.24. The number of para-hydroxylation sites is 1. The Balaban J connectivity index is 1.79.